The number of thiocarbonyl (C=S) groups is 1. The van der Waals surface area contributed by atoms with E-state index in [1.165, 1.54) is 0 Å². The van der Waals surface area contributed by atoms with E-state index in [0.29, 0.717) is 23.3 Å². The number of hydrogen-bond acceptors (Lipinski definition) is 3. The number of rotatable bonds is 7. The fourth-order valence-corrected chi connectivity index (χ4v) is 2.00. The van der Waals surface area contributed by atoms with Gasteiger partial charge in [-0.1, -0.05) is 11.6 Å². The lowest BCUT2D eigenvalue weighted by Crippen LogP contribution is -2.29. The van der Waals surface area contributed by atoms with Gasteiger partial charge < -0.3 is 19.8 Å². The molecule has 21 heavy (non-hydrogen) atoms. The SMILES string of the molecule is S=C(NCCCOCc1ccco1)Nc1ccc(Cl)cc1. The third-order valence-corrected chi connectivity index (χ3v) is 3.18. The molecular formula is C15H17ClN2O2S. The van der Waals surface area contributed by atoms with Gasteiger partial charge in [-0.15, -0.1) is 0 Å². The zero-order valence-electron chi connectivity index (χ0n) is 11.5. The van der Waals surface area contributed by atoms with Crippen LogP contribution in [0, 0.1) is 0 Å². The number of anilines is 1. The van der Waals surface area contributed by atoms with Gasteiger partial charge in [-0.05, 0) is 55.0 Å². The molecule has 2 N–H and O–H groups in total. The highest BCUT2D eigenvalue weighted by Gasteiger charge is 1.98. The summed E-state index contributed by atoms with van der Waals surface area (Å²) in [7, 11) is 0. The van der Waals surface area contributed by atoms with Gasteiger partial charge >= 0.3 is 0 Å². The molecule has 6 heteroatoms. The summed E-state index contributed by atoms with van der Waals surface area (Å²) < 4.78 is 10.7. The van der Waals surface area contributed by atoms with Gasteiger partial charge in [-0.3, -0.25) is 0 Å². The summed E-state index contributed by atoms with van der Waals surface area (Å²) in [4.78, 5) is 0. The van der Waals surface area contributed by atoms with Crippen LogP contribution in [0.4, 0.5) is 5.69 Å². The molecular weight excluding hydrogens is 308 g/mol. The average Bonchev–Trinajstić information content (AvgIpc) is 2.98. The van der Waals surface area contributed by atoms with Crippen molar-refractivity contribution in [2.45, 2.75) is 13.0 Å². The van der Waals surface area contributed by atoms with E-state index in [1.54, 1.807) is 6.26 Å². The molecule has 0 saturated heterocycles. The Hall–Kier alpha value is -1.56. The van der Waals surface area contributed by atoms with Gasteiger partial charge in [-0.2, -0.15) is 0 Å². The first-order valence-corrected chi connectivity index (χ1v) is 7.43. The number of benzene rings is 1. The zero-order chi connectivity index (χ0) is 14.9. The highest BCUT2D eigenvalue weighted by atomic mass is 35.5. The predicted octanol–water partition coefficient (Wildman–Crippen LogP) is 3.83. The molecule has 112 valence electrons. The van der Waals surface area contributed by atoms with Crippen molar-refractivity contribution in [2.24, 2.45) is 0 Å². The molecule has 1 heterocycles. The maximum Gasteiger partial charge on any atom is 0.170 e. The van der Waals surface area contributed by atoms with Gasteiger partial charge in [-0.25, -0.2) is 0 Å². The molecule has 0 unspecified atom stereocenters. The van der Waals surface area contributed by atoms with E-state index in [0.717, 1.165) is 24.4 Å². The Bertz CT molecular complexity index is 543. The summed E-state index contributed by atoms with van der Waals surface area (Å²) >= 11 is 11.0. The van der Waals surface area contributed by atoms with Crippen molar-refractivity contribution < 1.29 is 9.15 Å². The van der Waals surface area contributed by atoms with E-state index in [4.69, 9.17) is 33.0 Å². The third kappa shape index (κ3) is 6.16. The third-order valence-electron chi connectivity index (χ3n) is 2.68. The van der Waals surface area contributed by atoms with E-state index < -0.39 is 0 Å². The maximum absolute atomic E-state index is 5.82. The normalized spacial score (nSPS) is 10.3. The summed E-state index contributed by atoms with van der Waals surface area (Å²) in [5, 5.41) is 7.50. The van der Waals surface area contributed by atoms with Crippen molar-refractivity contribution in [1.82, 2.24) is 5.32 Å². The van der Waals surface area contributed by atoms with Crippen LogP contribution in [-0.2, 0) is 11.3 Å². The number of furan rings is 1. The molecule has 0 aliphatic heterocycles. The van der Waals surface area contributed by atoms with Crippen LogP contribution < -0.4 is 10.6 Å². The van der Waals surface area contributed by atoms with Crippen LogP contribution in [0.2, 0.25) is 5.02 Å². The lowest BCUT2D eigenvalue weighted by molar-refractivity contribution is 0.105. The highest BCUT2D eigenvalue weighted by molar-refractivity contribution is 7.80. The second-order valence-corrected chi connectivity index (χ2v) is 5.22. The predicted molar refractivity (Wildman–Crippen MR) is 88.7 cm³/mol. The van der Waals surface area contributed by atoms with Crippen molar-refractivity contribution in [3.8, 4) is 0 Å². The van der Waals surface area contributed by atoms with Gasteiger partial charge in [0, 0.05) is 23.9 Å². The van der Waals surface area contributed by atoms with E-state index >= 15 is 0 Å². The zero-order valence-corrected chi connectivity index (χ0v) is 13.0. The largest absolute Gasteiger partial charge is 0.467 e. The van der Waals surface area contributed by atoms with E-state index in [1.807, 2.05) is 36.4 Å². The molecule has 1 aromatic heterocycles. The van der Waals surface area contributed by atoms with Crippen molar-refractivity contribution in [1.29, 1.82) is 0 Å². The summed E-state index contributed by atoms with van der Waals surface area (Å²) in [5.41, 5.74) is 0.908. The highest BCUT2D eigenvalue weighted by Crippen LogP contribution is 2.13. The summed E-state index contributed by atoms with van der Waals surface area (Å²) in [6, 6.07) is 11.1. The molecule has 0 radical (unpaired) electrons. The van der Waals surface area contributed by atoms with Gasteiger partial charge in [0.1, 0.15) is 12.4 Å². The quantitative estimate of drug-likeness (QED) is 0.599. The van der Waals surface area contributed by atoms with Crippen LogP contribution >= 0.6 is 23.8 Å². The molecule has 0 aliphatic rings. The van der Waals surface area contributed by atoms with Crippen molar-refractivity contribution >= 4 is 34.6 Å². The molecule has 0 fully saturated rings. The first kappa shape index (κ1) is 15.8. The Morgan fingerprint density at radius 3 is 2.76 bits per heavy atom. The van der Waals surface area contributed by atoms with Crippen LogP contribution in [-0.4, -0.2) is 18.3 Å². The van der Waals surface area contributed by atoms with Gasteiger partial charge in [0.2, 0.25) is 0 Å². The Morgan fingerprint density at radius 1 is 1.24 bits per heavy atom. The standard InChI is InChI=1S/C15H17ClN2O2S/c16-12-4-6-13(7-5-12)18-15(21)17-8-2-9-19-11-14-3-1-10-20-14/h1,3-7,10H,2,8-9,11H2,(H2,17,18,21). The van der Waals surface area contributed by atoms with Crippen LogP contribution in [0.25, 0.3) is 0 Å². The molecule has 0 saturated carbocycles. The first-order valence-electron chi connectivity index (χ1n) is 6.64. The van der Waals surface area contributed by atoms with Crippen molar-refractivity contribution in [3.05, 3.63) is 53.4 Å². The topological polar surface area (TPSA) is 46.4 Å². The Morgan fingerprint density at radius 2 is 2.05 bits per heavy atom. The minimum Gasteiger partial charge on any atom is -0.467 e. The van der Waals surface area contributed by atoms with Crippen molar-refractivity contribution in [3.63, 3.8) is 0 Å². The van der Waals surface area contributed by atoms with Crippen LogP contribution in [0.3, 0.4) is 0 Å². The summed E-state index contributed by atoms with van der Waals surface area (Å²) in [6.45, 7) is 1.90. The minimum absolute atomic E-state index is 0.500. The number of ether oxygens (including phenoxy) is 1. The molecule has 0 amide bonds. The molecule has 0 bridgehead atoms. The molecule has 0 spiro atoms. The van der Waals surface area contributed by atoms with Gasteiger partial charge in [0.25, 0.3) is 0 Å². The van der Waals surface area contributed by atoms with Crippen LogP contribution in [0.1, 0.15) is 12.2 Å². The fraction of sp³-hybridized carbons (Fsp3) is 0.267. The molecule has 2 aromatic rings. The second-order valence-electron chi connectivity index (χ2n) is 4.37. The molecule has 4 nitrogen and oxygen atoms in total. The lowest BCUT2D eigenvalue weighted by atomic mass is 10.3. The van der Waals surface area contributed by atoms with Crippen LogP contribution in [0.5, 0.6) is 0 Å². The Balaban J connectivity index is 1.54. The molecule has 0 aliphatic carbocycles. The van der Waals surface area contributed by atoms with E-state index in [-0.39, 0.29) is 0 Å². The minimum atomic E-state index is 0.500. The summed E-state index contributed by atoms with van der Waals surface area (Å²) in [6.07, 6.45) is 2.50. The Kier molecular flexibility index (Phi) is 6.53. The summed E-state index contributed by atoms with van der Waals surface area (Å²) in [5.74, 6) is 0.836. The second kappa shape index (κ2) is 8.67. The number of nitrogens with one attached hydrogen (secondary N) is 2. The lowest BCUT2D eigenvalue weighted by Gasteiger charge is -2.10. The first-order chi connectivity index (χ1) is 10.2. The van der Waals surface area contributed by atoms with Crippen LogP contribution in [0.15, 0.2) is 47.1 Å². The number of hydrogen-bond donors (Lipinski definition) is 2. The van der Waals surface area contributed by atoms with E-state index in [9.17, 15) is 0 Å². The molecule has 2 rings (SSSR count). The smallest absolute Gasteiger partial charge is 0.170 e. The number of halogens is 1. The monoisotopic (exact) mass is 324 g/mol. The van der Waals surface area contributed by atoms with Gasteiger partial charge in [0.05, 0.1) is 6.26 Å². The van der Waals surface area contributed by atoms with Crippen molar-refractivity contribution in [2.75, 3.05) is 18.5 Å². The van der Waals surface area contributed by atoms with E-state index in [2.05, 4.69) is 10.6 Å². The molecule has 1 aromatic carbocycles. The average molecular weight is 325 g/mol. The maximum atomic E-state index is 5.82. The fourth-order valence-electron chi connectivity index (χ4n) is 1.65. The Labute approximate surface area is 134 Å². The molecule has 0 atom stereocenters. The van der Waals surface area contributed by atoms with Gasteiger partial charge in [0.15, 0.2) is 5.11 Å².